The summed E-state index contributed by atoms with van der Waals surface area (Å²) in [6.07, 6.45) is 3.71. The molecule has 1 saturated heterocycles. The summed E-state index contributed by atoms with van der Waals surface area (Å²) in [5.74, 6) is 0.914. The summed E-state index contributed by atoms with van der Waals surface area (Å²) in [7, 11) is 1.71. The molecule has 2 rings (SSSR count). The minimum absolute atomic E-state index is 0.222. The highest BCUT2D eigenvalue weighted by Gasteiger charge is 2.16. The predicted octanol–water partition coefficient (Wildman–Crippen LogP) is 3.13. The fourth-order valence-electron chi connectivity index (χ4n) is 2.37. The van der Waals surface area contributed by atoms with Crippen LogP contribution in [-0.2, 0) is 16.0 Å². The van der Waals surface area contributed by atoms with E-state index in [1.807, 2.05) is 12.1 Å². The van der Waals surface area contributed by atoms with Gasteiger partial charge in [0, 0.05) is 32.4 Å². The van der Waals surface area contributed by atoms with Gasteiger partial charge in [0.2, 0.25) is 0 Å². The number of methoxy groups -OCH3 is 1. The van der Waals surface area contributed by atoms with Crippen molar-refractivity contribution in [2.75, 3.05) is 33.5 Å². The van der Waals surface area contributed by atoms with Crippen molar-refractivity contribution >= 4 is 15.9 Å². The van der Waals surface area contributed by atoms with E-state index >= 15 is 0 Å². The fourth-order valence-corrected chi connectivity index (χ4v) is 2.89. The molecule has 1 aromatic carbocycles. The lowest BCUT2D eigenvalue weighted by atomic mass is 10.1. The normalized spacial score (nSPS) is 18.7. The minimum atomic E-state index is 0.222. The van der Waals surface area contributed by atoms with Crippen LogP contribution in [0.5, 0.6) is 5.75 Å². The third-order valence-electron chi connectivity index (χ3n) is 3.53. The monoisotopic (exact) mass is 357 g/mol. The van der Waals surface area contributed by atoms with E-state index < -0.39 is 0 Å². The quantitative estimate of drug-likeness (QED) is 0.725. The van der Waals surface area contributed by atoms with Gasteiger partial charge in [-0.25, -0.2) is 0 Å². The lowest BCUT2D eigenvalue weighted by molar-refractivity contribution is -0.0114. The Bertz CT molecular complexity index is 422. The van der Waals surface area contributed by atoms with E-state index in [2.05, 4.69) is 27.3 Å². The second-order valence-electron chi connectivity index (χ2n) is 5.20. The Morgan fingerprint density at radius 1 is 1.38 bits per heavy atom. The molecule has 118 valence electrons. The van der Waals surface area contributed by atoms with Crippen LogP contribution in [0.3, 0.4) is 0 Å². The van der Waals surface area contributed by atoms with Crippen molar-refractivity contribution in [2.45, 2.75) is 31.9 Å². The first-order chi connectivity index (χ1) is 10.3. The van der Waals surface area contributed by atoms with E-state index in [4.69, 9.17) is 14.2 Å². The molecule has 1 aliphatic heterocycles. The summed E-state index contributed by atoms with van der Waals surface area (Å²) in [4.78, 5) is 0. The lowest BCUT2D eigenvalue weighted by Crippen LogP contribution is -2.26. The molecule has 0 aromatic heterocycles. The van der Waals surface area contributed by atoms with E-state index in [0.717, 1.165) is 41.9 Å². The molecule has 0 bridgehead atoms. The first kappa shape index (κ1) is 16.7. The van der Waals surface area contributed by atoms with Crippen LogP contribution >= 0.6 is 15.9 Å². The average molecular weight is 358 g/mol. The molecule has 1 atom stereocenters. The van der Waals surface area contributed by atoms with Crippen LogP contribution in [0.1, 0.15) is 24.8 Å². The van der Waals surface area contributed by atoms with Gasteiger partial charge in [-0.15, -0.1) is 0 Å². The van der Waals surface area contributed by atoms with Gasteiger partial charge in [-0.2, -0.15) is 0 Å². The molecule has 0 radical (unpaired) electrons. The smallest absolute Gasteiger partial charge is 0.138 e. The predicted molar refractivity (Wildman–Crippen MR) is 86.8 cm³/mol. The van der Waals surface area contributed by atoms with Gasteiger partial charge in [0.05, 0.1) is 17.2 Å². The summed E-state index contributed by atoms with van der Waals surface area (Å²) in [5.41, 5.74) is 1.15. The Hall–Kier alpha value is -0.620. The Kier molecular flexibility index (Phi) is 7.50. The van der Waals surface area contributed by atoms with E-state index in [1.165, 1.54) is 12.8 Å². The van der Waals surface area contributed by atoms with Crippen molar-refractivity contribution < 1.29 is 14.2 Å². The highest BCUT2D eigenvalue weighted by atomic mass is 79.9. The Balaban J connectivity index is 1.89. The molecule has 1 unspecified atom stereocenters. The third-order valence-corrected chi connectivity index (χ3v) is 4.16. The fraction of sp³-hybridized carbons (Fsp3) is 0.625. The maximum atomic E-state index is 6.02. The summed E-state index contributed by atoms with van der Waals surface area (Å²) >= 11 is 3.58. The number of hydrogen-bond acceptors (Lipinski definition) is 4. The van der Waals surface area contributed by atoms with Gasteiger partial charge in [-0.05, 0) is 41.3 Å². The molecular weight excluding hydrogens is 334 g/mol. The lowest BCUT2D eigenvalue weighted by Gasteiger charge is -2.23. The average Bonchev–Trinajstić information content (AvgIpc) is 2.52. The van der Waals surface area contributed by atoms with E-state index in [1.54, 1.807) is 7.11 Å². The summed E-state index contributed by atoms with van der Waals surface area (Å²) in [6.45, 7) is 3.78. The van der Waals surface area contributed by atoms with Crippen LogP contribution in [0, 0.1) is 0 Å². The van der Waals surface area contributed by atoms with Gasteiger partial charge >= 0.3 is 0 Å². The topological polar surface area (TPSA) is 39.7 Å². The van der Waals surface area contributed by atoms with Gasteiger partial charge in [-0.3, -0.25) is 0 Å². The number of nitrogens with one attached hydrogen (secondary N) is 1. The standard InChI is InChI=1S/C16H24BrNO3/c1-19-10-8-18-11-13-5-4-7-15(17)16(13)21-12-14-6-2-3-9-20-14/h4-5,7,14,18H,2-3,6,8-12H2,1H3. The van der Waals surface area contributed by atoms with Crippen LogP contribution < -0.4 is 10.1 Å². The number of benzene rings is 1. The molecule has 0 spiro atoms. The molecule has 1 aromatic rings. The first-order valence-corrected chi connectivity index (χ1v) is 8.32. The van der Waals surface area contributed by atoms with E-state index in [0.29, 0.717) is 13.2 Å². The van der Waals surface area contributed by atoms with Crippen LogP contribution in [0.2, 0.25) is 0 Å². The van der Waals surface area contributed by atoms with Gasteiger partial charge in [-0.1, -0.05) is 12.1 Å². The minimum Gasteiger partial charge on any atom is -0.489 e. The van der Waals surface area contributed by atoms with Crippen LogP contribution in [0.15, 0.2) is 22.7 Å². The molecule has 1 aliphatic rings. The SMILES string of the molecule is COCCNCc1cccc(Br)c1OCC1CCCCO1. The number of ether oxygens (including phenoxy) is 3. The van der Waals surface area contributed by atoms with E-state index in [9.17, 15) is 0 Å². The molecule has 0 amide bonds. The summed E-state index contributed by atoms with van der Waals surface area (Å²) in [6, 6.07) is 6.12. The summed E-state index contributed by atoms with van der Waals surface area (Å²) < 4.78 is 17.8. The largest absolute Gasteiger partial charge is 0.489 e. The maximum Gasteiger partial charge on any atom is 0.138 e. The van der Waals surface area contributed by atoms with Gasteiger partial charge < -0.3 is 19.5 Å². The molecule has 0 aliphatic carbocycles. The van der Waals surface area contributed by atoms with Crippen molar-refractivity contribution in [3.8, 4) is 5.75 Å². The molecule has 4 nitrogen and oxygen atoms in total. The summed E-state index contributed by atoms with van der Waals surface area (Å²) in [5, 5.41) is 3.35. The Labute approximate surface area is 135 Å². The van der Waals surface area contributed by atoms with Crippen molar-refractivity contribution in [2.24, 2.45) is 0 Å². The van der Waals surface area contributed by atoms with Crippen molar-refractivity contribution in [1.82, 2.24) is 5.32 Å². The van der Waals surface area contributed by atoms with Gasteiger partial charge in [0.25, 0.3) is 0 Å². The Morgan fingerprint density at radius 2 is 2.29 bits per heavy atom. The molecule has 0 saturated carbocycles. The van der Waals surface area contributed by atoms with Gasteiger partial charge in [0.15, 0.2) is 0 Å². The number of rotatable bonds is 8. The molecule has 5 heteroatoms. The second-order valence-corrected chi connectivity index (χ2v) is 6.05. The second kappa shape index (κ2) is 9.41. The zero-order valence-electron chi connectivity index (χ0n) is 12.6. The van der Waals surface area contributed by atoms with Crippen molar-refractivity contribution in [3.05, 3.63) is 28.2 Å². The zero-order chi connectivity index (χ0) is 14.9. The van der Waals surface area contributed by atoms with Crippen LogP contribution in [-0.4, -0.2) is 39.6 Å². The highest BCUT2D eigenvalue weighted by molar-refractivity contribution is 9.10. The zero-order valence-corrected chi connectivity index (χ0v) is 14.2. The van der Waals surface area contributed by atoms with Crippen LogP contribution in [0.25, 0.3) is 0 Å². The van der Waals surface area contributed by atoms with Gasteiger partial charge in [0.1, 0.15) is 12.4 Å². The molecule has 21 heavy (non-hydrogen) atoms. The van der Waals surface area contributed by atoms with Crippen molar-refractivity contribution in [3.63, 3.8) is 0 Å². The van der Waals surface area contributed by atoms with Crippen LogP contribution in [0.4, 0.5) is 0 Å². The molecular formula is C16H24BrNO3. The van der Waals surface area contributed by atoms with E-state index in [-0.39, 0.29) is 6.10 Å². The van der Waals surface area contributed by atoms with Crippen molar-refractivity contribution in [1.29, 1.82) is 0 Å². The first-order valence-electron chi connectivity index (χ1n) is 7.52. The maximum absolute atomic E-state index is 6.02. The molecule has 1 fully saturated rings. The third kappa shape index (κ3) is 5.58. The Morgan fingerprint density at radius 3 is 3.05 bits per heavy atom. The molecule has 1 heterocycles. The number of para-hydroxylation sites is 1. The number of halogens is 1. The number of hydrogen-bond donors (Lipinski definition) is 1. The highest BCUT2D eigenvalue weighted by Crippen LogP contribution is 2.29. The molecule has 1 N–H and O–H groups in total.